The average molecular weight is 376 g/mol. The normalized spacial score (nSPS) is 16.5. The molecule has 6 nitrogen and oxygen atoms in total. The molecule has 2 heterocycles. The first-order chi connectivity index (χ1) is 13.7. The highest BCUT2D eigenvalue weighted by atomic mass is 16.5. The lowest BCUT2D eigenvalue weighted by Gasteiger charge is -2.21. The third-order valence-electron chi connectivity index (χ3n) is 5.19. The number of aryl methyl sites for hydroxylation is 1. The molecule has 0 bridgehead atoms. The van der Waals surface area contributed by atoms with Gasteiger partial charge in [0.1, 0.15) is 5.71 Å². The molecule has 6 heteroatoms. The summed E-state index contributed by atoms with van der Waals surface area (Å²) in [6, 6.07) is 16.4. The second-order valence-electron chi connectivity index (χ2n) is 6.85. The van der Waals surface area contributed by atoms with Crippen LogP contribution in [0.25, 0.3) is 11.4 Å². The average Bonchev–Trinajstić information content (AvgIpc) is 3.41. The Balaban J connectivity index is 1.59. The SMILES string of the molecule is CCc1cc(-c2noc(C3=NN(CC)C(c4ccccc4)C3)n2)ccc1CO. The van der Waals surface area contributed by atoms with Crippen molar-refractivity contribution in [2.45, 2.75) is 39.3 Å². The zero-order valence-corrected chi connectivity index (χ0v) is 16.2. The van der Waals surface area contributed by atoms with E-state index in [1.165, 1.54) is 5.56 Å². The van der Waals surface area contributed by atoms with E-state index in [1.54, 1.807) is 0 Å². The van der Waals surface area contributed by atoms with Crippen LogP contribution in [0.1, 0.15) is 48.9 Å². The van der Waals surface area contributed by atoms with Crippen LogP contribution in [0.4, 0.5) is 0 Å². The molecule has 1 atom stereocenters. The molecule has 1 aliphatic heterocycles. The summed E-state index contributed by atoms with van der Waals surface area (Å²) in [6.07, 6.45) is 1.58. The molecular formula is C22H24N4O2. The molecule has 0 spiro atoms. The van der Waals surface area contributed by atoms with E-state index >= 15 is 0 Å². The Hall–Kier alpha value is -2.99. The summed E-state index contributed by atoms with van der Waals surface area (Å²) in [6.45, 7) is 5.00. The van der Waals surface area contributed by atoms with Gasteiger partial charge in [-0.2, -0.15) is 10.1 Å². The van der Waals surface area contributed by atoms with Gasteiger partial charge in [-0.3, -0.25) is 5.01 Å². The van der Waals surface area contributed by atoms with E-state index in [-0.39, 0.29) is 12.6 Å². The standard InChI is InChI=1S/C22H24N4O2/c1-3-15-12-17(10-11-18(15)14-27)21-23-22(28-25-21)19-13-20(26(4-2)24-19)16-8-6-5-7-9-16/h5-12,20,27H,3-4,13-14H2,1-2H3. The van der Waals surface area contributed by atoms with Gasteiger partial charge in [0.25, 0.3) is 5.89 Å². The fourth-order valence-electron chi connectivity index (χ4n) is 3.65. The summed E-state index contributed by atoms with van der Waals surface area (Å²) in [7, 11) is 0. The van der Waals surface area contributed by atoms with Crippen molar-refractivity contribution in [2.24, 2.45) is 5.10 Å². The van der Waals surface area contributed by atoms with E-state index < -0.39 is 0 Å². The summed E-state index contributed by atoms with van der Waals surface area (Å²) in [5.41, 5.74) is 4.95. The Kier molecular flexibility index (Phi) is 5.21. The van der Waals surface area contributed by atoms with Crippen molar-refractivity contribution in [3.63, 3.8) is 0 Å². The zero-order chi connectivity index (χ0) is 19.5. The summed E-state index contributed by atoms with van der Waals surface area (Å²) in [5.74, 6) is 1.01. The van der Waals surface area contributed by atoms with Crippen molar-refractivity contribution in [2.75, 3.05) is 6.54 Å². The molecule has 2 aromatic carbocycles. The van der Waals surface area contributed by atoms with Gasteiger partial charge in [0.05, 0.1) is 12.6 Å². The molecule has 144 valence electrons. The second-order valence-corrected chi connectivity index (χ2v) is 6.85. The lowest BCUT2D eigenvalue weighted by atomic mass is 10.0. The van der Waals surface area contributed by atoms with E-state index in [2.05, 4.69) is 41.1 Å². The quantitative estimate of drug-likeness (QED) is 0.705. The number of aliphatic hydroxyl groups excluding tert-OH is 1. The second kappa shape index (κ2) is 7.94. The molecule has 0 aliphatic carbocycles. The highest BCUT2D eigenvalue weighted by molar-refractivity contribution is 5.98. The maximum absolute atomic E-state index is 9.46. The van der Waals surface area contributed by atoms with E-state index in [1.807, 2.05) is 36.4 Å². The molecule has 0 saturated carbocycles. The number of hydrogen-bond donors (Lipinski definition) is 1. The van der Waals surface area contributed by atoms with Crippen molar-refractivity contribution in [3.8, 4) is 11.4 Å². The molecule has 1 N–H and O–H groups in total. The van der Waals surface area contributed by atoms with Crippen LogP contribution in [0.2, 0.25) is 0 Å². The van der Waals surface area contributed by atoms with Gasteiger partial charge in [-0.25, -0.2) is 0 Å². The van der Waals surface area contributed by atoms with Gasteiger partial charge in [-0.05, 0) is 36.1 Å². The van der Waals surface area contributed by atoms with Crippen LogP contribution >= 0.6 is 0 Å². The fraction of sp³-hybridized carbons (Fsp3) is 0.318. The van der Waals surface area contributed by atoms with Crippen LogP contribution in [0, 0.1) is 0 Å². The maximum Gasteiger partial charge on any atom is 0.274 e. The van der Waals surface area contributed by atoms with Crippen molar-refractivity contribution in [1.29, 1.82) is 0 Å². The number of rotatable bonds is 6. The lowest BCUT2D eigenvalue weighted by Crippen LogP contribution is -2.18. The largest absolute Gasteiger partial charge is 0.392 e. The monoisotopic (exact) mass is 376 g/mol. The minimum absolute atomic E-state index is 0.0332. The van der Waals surface area contributed by atoms with E-state index in [0.717, 1.165) is 41.8 Å². The van der Waals surface area contributed by atoms with Gasteiger partial charge < -0.3 is 9.63 Å². The summed E-state index contributed by atoms with van der Waals surface area (Å²) in [4.78, 5) is 4.59. The van der Waals surface area contributed by atoms with E-state index in [9.17, 15) is 5.11 Å². The van der Waals surface area contributed by atoms with Crippen LogP contribution in [0.5, 0.6) is 0 Å². The molecule has 0 fully saturated rings. The minimum Gasteiger partial charge on any atom is -0.392 e. The first kappa shape index (κ1) is 18.4. The summed E-state index contributed by atoms with van der Waals surface area (Å²) >= 11 is 0. The number of hydrazone groups is 1. The maximum atomic E-state index is 9.46. The molecule has 0 saturated heterocycles. The van der Waals surface area contributed by atoms with Gasteiger partial charge in [0, 0.05) is 18.5 Å². The zero-order valence-electron chi connectivity index (χ0n) is 16.2. The van der Waals surface area contributed by atoms with Gasteiger partial charge >= 0.3 is 0 Å². The number of aromatic nitrogens is 2. The molecule has 1 aromatic heterocycles. The highest BCUT2D eigenvalue weighted by Crippen LogP contribution is 2.32. The Labute approximate surface area is 164 Å². The predicted octanol–water partition coefficient (Wildman–Crippen LogP) is 3.96. The van der Waals surface area contributed by atoms with Crippen LogP contribution in [-0.2, 0) is 13.0 Å². The number of benzene rings is 2. The molecule has 0 amide bonds. The topological polar surface area (TPSA) is 74.8 Å². The lowest BCUT2D eigenvalue weighted by molar-refractivity contribution is 0.246. The smallest absolute Gasteiger partial charge is 0.274 e. The molecule has 4 rings (SSSR count). The third-order valence-corrected chi connectivity index (χ3v) is 5.19. The molecule has 1 aliphatic rings. The molecule has 28 heavy (non-hydrogen) atoms. The van der Waals surface area contributed by atoms with Crippen LogP contribution in [0.3, 0.4) is 0 Å². The van der Waals surface area contributed by atoms with Crippen molar-refractivity contribution < 1.29 is 9.63 Å². The van der Waals surface area contributed by atoms with Crippen molar-refractivity contribution >= 4 is 5.71 Å². The summed E-state index contributed by atoms with van der Waals surface area (Å²) in [5, 5.41) is 20.4. The molecule has 0 radical (unpaired) electrons. The van der Waals surface area contributed by atoms with Crippen LogP contribution in [-0.4, -0.2) is 32.5 Å². The van der Waals surface area contributed by atoms with Gasteiger partial charge in [-0.1, -0.05) is 54.5 Å². The highest BCUT2D eigenvalue weighted by Gasteiger charge is 2.30. The number of nitrogens with zero attached hydrogens (tertiary/aromatic N) is 4. The molecule has 3 aromatic rings. The third kappa shape index (κ3) is 3.43. The predicted molar refractivity (Wildman–Crippen MR) is 108 cm³/mol. The van der Waals surface area contributed by atoms with Crippen LogP contribution < -0.4 is 0 Å². The van der Waals surface area contributed by atoms with Gasteiger partial charge in [0.2, 0.25) is 5.82 Å². The van der Waals surface area contributed by atoms with Gasteiger partial charge in [-0.15, -0.1) is 0 Å². The van der Waals surface area contributed by atoms with Crippen molar-refractivity contribution in [3.05, 3.63) is 71.1 Å². The Morgan fingerprint density at radius 3 is 2.64 bits per heavy atom. The Morgan fingerprint density at radius 2 is 1.93 bits per heavy atom. The number of hydrogen-bond acceptors (Lipinski definition) is 6. The molecular weight excluding hydrogens is 352 g/mol. The number of aliphatic hydroxyl groups is 1. The Morgan fingerprint density at radius 1 is 1.11 bits per heavy atom. The first-order valence-electron chi connectivity index (χ1n) is 9.69. The minimum atomic E-state index is 0.0332. The Bertz CT molecular complexity index is 981. The van der Waals surface area contributed by atoms with Crippen molar-refractivity contribution in [1.82, 2.24) is 15.1 Å². The first-order valence-corrected chi connectivity index (χ1v) is 9.69. The van der Waals surface area contributed by atoms with E-state index in [0.29, 0.717) is 11.7 Å². The van der Waals surface area contributed by atoms with Crippen LogP contribution in [0.15, 0.2) is 58.2 Å². The van der Waals surface area contributed by atoms with Gasteiger partial charge in [0.15, 0.2) is 0 Å². The van der Waals surface area contributed by atoms with E-state index in [4.69, 9.17) is 9.62 Å². The summed E-state index contributed by atoms with van der Waals surface area (Å²) < 4.78 is 5.54. The molecule has 1 unspecified atom stereocenters. The fourth-order valence-corrected chi connectivity index (χ4v) is 3.65.